The summed E-state index contributed by atoms with van der Waals surface area (Å²) in [5.41, 5.74) is 1.15. The zero-order valence-corrected chi connectivity index (χ0v) is 10.0. The number of hydrogen-bond donors (Lipinski definition) is 1. The number of nitrogens with one attached hydrogen (secondary N) is 1. The van der Waals surface area contributed by atoms with E-state index >= 15 is 0 Å². The van der Waals surface area contributed by atoms with Crippen molar-refractivity contribution in [3.8, 4) is 0 Å². The molecular formula is C13H25N. The quantitative estimate of drug-likeness (QED) is 0.626. The molecule has 1 N–H and O–H groups in total. The third-order valence-electron chi connectivity index (χ3n) is 4.46. The standard InChI is InChI=1S/C13H25N/c1-12(2,3)11-9-14-10-13(11)7-5-4-6-8-13/h11,14H,4-10H2,1-3H3. The van der Waals surface area contributed by atoms with Crippen LogP contribution < -0.4 is 5.32 Å². The minimum absolute atomic E-state index is 0.487. The van der Waals surface area contributed by atoms with Gasteiger partial charge in [-0.3, -0.25) is 0 Å². The van der Waals surface area contributed by atoms with E-state index in [1.54, 1.807) is 0 Å². The molecule has 1 saturated carbocycles. The maximum Gasteiger partial charge on any atom is 0.00113 e. The molecule has 0 aromatic carbocycles. The fraction of sp³-hybridized carbons (Fsp3) is 1.00. The van der Waals surface area contributed by atoms with Gasteiger partial charge in [0.25, 0.3) is 0 Å². The normalized spacial score (nSPS) is 32.4. The number of rotatable bonds is 0. The van der Waals surface area contributed by atoms with E-state index in [-0.39, 0.29) is 0 Å². The second-order valence-corrected chi connectivity index (χ2v) is 6.47. The zero-order valence-electron chi connectivity index (χ0n) is 10.0. The molecule has 82 valence electrons. The van der Waals surface area contributed by atoms with E-state index in [0.29, 0.717) is 10.8 Å². The molecule has 14 heavy (non-hydrogen) atoms. The molecule has 0 aromatic rings. The minimum Gasteiger partial charge on any atom is -0.316 e. The highest BCUT2D eigenvalue weighted by molar-refractivity contribution is 5.00. The molecule has 2 rings (SSSR count). The van der Waals surface area contributed by atoms with Crippen LogP contribution in [0.4, 0.5) is 0 Å². The molecule has 2 fully saturated rings. The van der Waals surface area contributed by atoms with Crippen molar-refractivity contribution in [1.82, 2.24) is 5.32 Å². The summed E-state index contributed by atoms with van der Waals surface area (Å²) in [4.78, 5) is 0. The molecule has 1 heteroatoms. The molecule has 0 amide bonds. The lowest BCUT2D eigenvalue weighted by atomic mass is 9.60. The van der Waals surface area contributed by atoms with Gasteiger partial charge in [0.1, 0.15) is 0 Å². The molecule has 1 spiro atoms. The fourth-order valence-electron chi connectivity index (χ4n) is 3.81. The molecule has 1 aliphatic heterocycles. The van der Waals surface area contributed by atoms with Gasteiger partial charge >= 0.3 is 0 Å². The fourth-order valence-corrected chi connectivity index (χ4v) is 3.81. The smallest absolute Gasteiger partial charge is 0.00113 e. The highest BCUT2D eigenvalue weighted by atomic mass is 14.9. The van der Waals surface area contributed by atoms with Gasteiger partial charge in [0.2, 0.25) is 0 Å². The molecule has 1 aliphatic carbocycles. The van der Waals surface area contributed by atoms with Crippen molar-refractivity contribution < 1.29 is 0 Å². The van der Waals surface area contributed by atoms with Crippen LogP contribution in [-0.4, -0.2) is 13.1 Å². The van der Waals surface area contributed by atoms with Crippen LogP contribution in [-0.2, 0) is 0 Å². The van der Waals surface area contributed by atoms with Crippen LogP contribution in [0.3, 0.4) is 0 Å². The van der Waals surface area contributed by atoms with E-state index in [0.717, 1.165) is 5.92 Å². The molecule has 0 radical (unpaired) electrons. The van der Waals surface area contributed by atoms with Crippen molar-refractivity contribution in [2.24, 2.45) is 16.7 Å². The Morgan fingerprint density at radius 1 is 1.07 bits per heavy atom. The van der Waals surface area contributed by atoms with E-state index in [9.17, 15) is 0 Å². The molecular weight excluding hydrogens is 170 g/mol. The summed E-state index contributed by atoms with van der Waals surface area (Å²) in [6.07, 6.45) is 7.35. The maximum atomic E-state index is 3.64. The molecule has 1 atom stereocenters. The SMILES string of the molecule is CC(C)(C)C1CNCC12CCCCC2. The average Bonchev–Trinajstić information content (AvgIpc) is 2.49. The van der Waals surface area contributed by atoms with Crippen LogP contribution in [0.5, 0.6) is 0 Å². The van der Waals surface area contributed by atoms with Crippen molar-refractivity contribution in [1.29, 1.82) is 0 Å². The van der Waals surface area contributed by atoms with Gasteiger partial charge in [-0.05, 0) is 36.1 Å². The van der Waals surface area contributed by atoms with Crippen molar-refractivity contribution >= 4 is 0 Å². The Kier molecular flexibility index (Phi) is 2.63. The van der Waals surface area contributed by atoms with Gasteiger partial charge < -0.3 is 5.32 Å². The predicted octanol–water partition coefficient (Wildman–Crippen LogP) is 3.20. The Labute approximate surface area is 88.7 Å². The Morgan fingerprint density at radius 2 is 1.71 bits per heavy atom. The van der Waals surface area contributed by atoms with Crippen LogP contribution in [0.15, 0.2) is 0 Å². The van der Waals surface area contributed by atoms with Gasteiger partial charge in [-0.2, -0.15) is 0 Å². The van der Waals surface area contributed by atoms with Crippen LogP contribution in [0.2, 0.25) is 0 Å². The second kappa shape index (κ2) is 3.52. The molecule has 1 saturated heterocycles. The van der Waals surface area contributed by atoms with Gasteiger partial charge in [0, 0.05) is 6.54 Å². The molecule has 1 nitrogen and oxygen atoms in total. The van der Waals surface area contributed by atoms with Crippen LogP contribution in [0, 0.1) is 16.7 Å². The van der Waals surface area contributed by atoms with Gasteiger partial charge in [-0.15, -0.1) is 0 Å². The highest BCUT2D eigenvalue weighted by Gasteiger charge is 2.47. The predicted molar refractivity (Wildman–Crippen MR) is 61.3 cm³/mol. The second-order valence-electron chi connectivity index (χ2n) is 6.47. The Bertz CT molecular complexity index is 196. The Hall–Kier alpha value is -0.0400. The molecule has 0 bridgehead atoms. The van der Waals surface area contributed by atoms with Crippen molar-refractivity contribution in [2.75, 3.05) is 13.1 Å². The van der Waals surface area contributed by atoms with E-state index in [1.165, 1.54) is 45.2 Å². The Morgan fingerprint density at radius 3 is 2.29 bits per heavy atom. The lowest BCUT2D eigenvalue weighted by Gasteiger charge is -2.44. The summed E-state index contributed by atoms with van der Waals surface area (Å²) >= 11 is 0. The number of hydrogen-bond acceptors (Lipinski definition) is 1. The topological polar surface area (TPSA) is 12.0 Å². The van der Waals surface area contributed by atoms with Crippen LogP contribution in [0.1, 0.15) is 52.9 Å². The van der Waals surface area contributed by atoms with E-state index in [4.69, 9.17) is 0 Å². The van der Waals surface area contributed by atoms with Gasteiger partial charge in [0.05, 0.1) is 0 Å². The summed E-state index contributed by atoms with van der Waals surface area (Å²) in [6, 6.07) is 0. The first-order chi connectivity index (χ1) is 6.55. The average molecular weight is 195 g/mol. The summed E-state index contributed by atoms with van der Waals surface area (Å²) in [6.45, 7) is 9.79. The molecule has 0 aromatic heterocycles. The largest absolute Gasteiger partial charge is 0.316 e. The molecule has 1 unspecified atom stereocenters. The first-order valence-electron chi connectivity index (χ1n) is 6.25. The summed E-state index contributed by atoms with van der Waals surface area (Å²) in [5.74, 6) is 0.898. The molecule has 2 aliphatic rings. The first-order valence-corrected chi connectivity index (χ1v) is 6.25. The third-order valence-corrected chi connectivity index (χ3v) is 4.46. The highest BCUT2D eigenvalue weighted by Crippen LogP contribution is 2.51. The zero-order chi connectivity index (χ0) is 10.2. The monoisotopic (exact) mass is 195 g/mol. The minimum atomic E-state index is 0.487. The third kappa shape index (κ3) is 1.71. The lowest BCUT2D eigenvalue weighted by molar-refractivity contribution is 0.0667. The van der Waals surface area contributed by atoms with Crippen LogP contribution in [0.25, 0.3) is 0 Å². The van der Waals surface area contributed by atoms with Crippen molar-refractivity contribution in [3.05, 3.63) is 0 Å². The van der Waals surface area contributed by atoms with E-state index in [2.05, 4.69) is 26.1 Å². The van der Waals surface area contributed by atoms with Crippen LogP contribution >= 0.6 is 0 Å². The molecule has 1 heterocycles. The van der Waals surface area contributed by atoms with E-state index < -0.39 is 0 Å². The summed E-state index contributed by atoms with van der Waals surface area (Å²) in [7, 11) is 0. The Balaban J connectivity index is 2.16. The van der Waals surface area contributed by atoms with Gasteiger partial charge in [0.15, 0.2) is 0 Å². The van der Waals surface area contributed by atoms with Gasteiger partial charge in [-0.1, -0.05) is 40.0 Å². The summed E-state index contributed by atoms with van der Waals surface area (Å²) < 4.78 is 0. The first kappa shape index (κ1) is 10.5. The van der Waals surface area contributed by atoms with Gasteiger partial charge in [-0.25, -0.2) is 0 Å². The van der Waals surface area contributed by atoms with E-state index in [1.807, 2.05) is 0 Å². The summed E-state index contributed by atoms with van der Waals surface area (Å²) in [5, 5.41) is 3.64. The maximum absolute atomic E-state index is 3.64. The lowest BCUT2D eigenvalue weighted by Crippen LogP contribution is -2.39. The van der Waals surface area contributed by atoms with Crippen molar-refractivity contribution in [2.45, 2.75) is 52.9 Å². The van der Waals surface area contributed by atoms with Crippen molar-refractivity contribution in [3.63, 3.8) is 0 Å².